The summed E-state index contributed by atoms with van der Waals surface area (Å²) < 4.78 is 11.6. The zero-order valence-corrected chi connectivity index (χ0v) is 33.4. The van der Waals surface area contributed by atoms with Gasteiger partial charge in [0.1, 0.15) is 11.2 Å². The van der Waals surface area contributed by atoms with E-state index in [0.29, 0.717) is 17.5 Å². The Balaban J connectivity index is 1.11. The standard InChI is InChI=1S/C55H32N4OS/c1-2-13-33(14-3-1)34-25-27-35(28-26-34)53-56-54(42-20-12-24-50-51(42)41-19-8-11-23-49(41)61-50)58-55(57-53)45-32-38(31-44-40-18-7-10-22-48(40)60-52(44)45)59-46-21-9-6-17-39(46)43-29-36-15-4-5-16-37(36)30-47(43)59/h1-32H. The summed E-state index contributed by atoms with van der Waals surface area (Å²) in [5, 5.41) is 9.16. The van der Waals surface area contributed by atoms with Crippen molar-refractivity contribution in [2.24, 2.45) is 0 Å². The Bertz CT molecular complexity index is 3880. The van der Waals surface area contributed by atoms with Gasteiger partial charge in [0.15, 0.2) is 17.5 Å². The summed E-state index contributed by atoms with van der Waals surface area (Å²) in [5.41, 5.74) is 9.74. The molecule has 0 atom stereocenters. The molecule has 61 heavy (non-hydrogen) atoms. The van der Waals surface area contributed by atoms with Crippen LogP contribution in [0.3, 0.4) is 0 Å². The lowest BCUT2D eigenvalue weighted by Gasteiger charge is -2.13. The van der Waals surface area contributed by atoms with E-state index >= 15 is 0 Å². The molecular weight excluding hydrogens is 765 g/mol. The van der Waals surface area contributed by atoms with Crippen LogP contribution in [-0.2, 0) is 0 Å². The number of thiophene rings is 1. The maximum absolute atomic E-state index is 6.81. The second kappa shape index (κ2) is 13.3. The highest BCUT2D eigenvalue weighted by Gasteiger charge is 2.23. The van der Waals surface area contributed by atoms with Crippen LogP contribution in [-0.4, -0.2) is 19.5 Å². The van der Waals surface area contributed by atoms with Gasteiger partial charge in [-0.15, -0.1) is 11.3 Å². The third-order valence-corrected chi connectivity index (χ3v) is 13.2. The minimum atomic E-state index is 0.542. The van der Waals surface area contributed by atoms with E-state index in [0.717, 1.165) is 71.9 Å². The molecule has 0 aliphatic carbocycles. The molecule has 0 aliphatic heterocycles. The molecule has 0 N–H and O–H groups in total. The molecule has 0 radical (unpaired) electrons. The number of rotatable bonds is 5. The van der Waals surface area contributed by atoms with Crippen molar-refractivity contribution >= 4 is 86.0 Å². The third-order valence-electron chi connectivity index (χ3n) is 12.0. The zero-order chi connectivity index (χ0) is 40.0. The van der Waals surface area contributed by atoms with Crippen LogP contribution in [0, 0.1) is 0 Å². The van der Waals surface area contributed by atoms with E-state index in [2.05, 4.69) is 180 Å². The minimum Gasteiger partial charge on any atom is -0.455 e. The van der Waals surface area contributed by atoms with E-state index in [1.165, 1.54) is 36.3 Å². The Morgan fingerprint density at radius 1 is 0.393 bits per heavy atom. The van der Waals surface area contributed by atoms with E-state index in [1.807, 2.05) is 18.2 Å². The maximum Gasteiger partial charge on any atom is 0.167 e. The van der Waals surface area contributed by atoms with Gasteiger partial charge in [0.25, 0.3) is 0 Å². The van der Waals surface area contributed by atoms with Gasteiger partial charge in [-0.05, 0) is 70.4 Å². The Labute approximate surface area is 353 Å². The second-order valence-corrected chi connectivity index (χ2v) is 16.6. The largest absolute Gasteiger partial charge is 0.455 e. The summed E-state index contributed by atoms with van der Waals surface area (Å²) >= 11 is 1.79. The molecule has 0 spiro atoms. The van der Waals surface area contributed by atoms with E-state index < -0.39 is 0 Å². The molecule has 284 valence electrons. The van der Waals surface area contributed by atoms with Crippen molar-refractivity contribution in [3.63, 3.8) is 0 Å². The summed E-state index contributed by atoms with van der Waals surface area (Å²) in [5.74, 6) is 1.74. The summed E-state index contributed by atoms with van der Waals surface area (Å²) in [6.07, 6.45) is 0. The van der Waals surface area contributed by atoms with Crippen molar-refractivity contribution in [1.29, 1.82) is 0 Å². The maximum atomic E-state index is 6.81. The number of nitrogens with zero attached hydrogens (tertiary/aromatic N) is 4. The summed E-state index contributed by atoms with van der Waals surface area (Å²) in [4.78, 5) is 16.1. The molecule has 4 heterocycles. The van der Waals surface area contributed by atoms with Crippen LogP contribution < -0.4 is 0 Å². The molecule has 9 aromatic carbocycles. The molecule has 4 aromatic heterocycles. The lowest BCUT2D eigenvalue weighted by Crippen LogP contribution is -2.02. The number of hydrogen-bond acceptors (Lipinski definition) is 5. The van der Waals surface area contributed by atoms with Gasteiger partial charge in [-0.3, -0.25) is 0 Å². The van der Waals surface area contributed by atoms with Crippen molar-refractivity contribution < 1.29 is 4.42 Å². The number of para-hydroxylation sites is 2. The van der Waals surface area contributed by atoms with Gasteiger partial charge < -0.3 is 8.98 Å². The lowest BCUT2D eigenvalue weighted by molar-refractivity contribution is 0.669. The monoisotopic (exact) mass is 796 g/mol. The average molecular weight is 797 g/mol. The van der Waals surface area contributed by atoms with Crippen LogP contribution in [0.4, 0.5) is 0 Å². The molecule has 0 unspecified atom stereocenters. The minimum absolute atomic E-state index is 0.542. The first-order chi connectivity index (χ1) is 30.2. The van der Waals surface area contributed by atoms with Gasteiger partial charge in [0, 0.05) is 58.5 Å². The molecule has 0 aliphatic rings. The highest BCUT2D eigenvalue weighted by Crippen LogP contribution is 2.43. The first kappa shape index (κ1) is 34.0. The summed E-state index contributed by atoms with van der Waals surface area (Å²) in [6, 6.07) is 68.6. The van der Waals surface area contributed by atoms with Gasteiger partial charge in [-0.25, -0.2) is 15.0 Å². The molecule has 5 nitrogen and oxygen atoms in total. The summed E-state index contributed by atoms with van der Waals surface area (Å²) in [6.45, 7) is 0. The predicted molar refractivity (Wildman–Crippen MR) is 254 cm³/mol. The molecular formula is C55H32N4OS. The quantitative estimate of drug-likeness (QED) is 0.174. The van der Waals surface area contributed by atoms with Crippen molar-refractivity contribution in [1.82, 2.24) is 19.5 Å². The fourth-order valence-corrected chi connectivity index (χ4v) is 10.3. The lowest BCUT2D eigenvalue weighted by atomic mass is 10.0. The topological polar surface area (TPSA) is 56.7 Å². The van der Waals surface area contributed by atoms with Crippen LogP contribution in [0.2, 0.25) is 0 Å². The van der Waals surface area contributed by atoms with Crippen LogP contribution in [0.1, 0.15) is 0 Å². The van der Waals surface area contributed by atoms with Gasteiger partial charge in [-0.2, -0.15) is 0 Å². The fraction of sp³-hybridized carbons (Fsp3) is 0. The Hall–Kier alpha value is -7.93. The van der Waals surface area contributed by atoms with E-state index in [1.54, 1.807) is 11.3 Å². The Morgan fingerprint density at radius 3 is 1.89 bits per heavy atom. The number of benzene rings is 9. The fourth-order valence-electron chi connectivity index (χ4n) is 9.19. The van der Waals surface area contributed by atoms with Crippen molar-refractivity contribution in [3.8, 4) is 51.0 Å². The van der Waals surface area contributed by atoms with Gasteiger partial charge in [0.05, 0.1) is 16.6 Å². The first-order valence-corrected chi connectivity index (χ1v) is 21.2. The predicted octanol–water partition coefficient (Wildman–Crippen LogP) is 15.1. The number of aromatic nitrogens is 4. The SMILES string of the molecule is c1ccc(-c2ccc(-c3nc(-c4cc(-n5c6ccccc6c6cc7ccccc7cc65)cc5c4oc4ccccc45)nc(-c4cccc5sc6ccccc6c45)n3)cc2)cc1. The number of furan rings is 1. The van der Waals surface area contributed by atoms with E-state index in [-0.39, 0.29) is 0 Å². The van der Waals surface area contributed by atoms with Crippen LogP contribution in [0.15, 0.2) is 199 Å². The Morgan fingerprint density at radius 2 is 1.03 bits per heavy atom. The molecule has 0 bridgehead atoms. The van der Waals surface area contributed by atoms with Crippen molar-refractivity contribution in [3.05, 3.63) is 194 Å². The van der Waals surface area contributed by atoms with Crippen LogP contribution in [0.5, 0.6) is 0 Å². The van der Waals surface area contributed by atoms with Gasteiger partial charge in [0.2, 0.25) is 0 Å². The normalized spacial score (nSPS) is 11.9. The molecule has 0 fully saturated rings. The highest BCUT2D eigenvalue weighted by atomic mass is 32.1. The first-order valence-electron chi connectivity index (χ1n) is 20.4. The van der Waals surface area contributed by atoms with Crippen LogP contribution in [0.25, 0.3) is 126 Å². The highest BCUT2D eigenvalue weighted by molar-refractivity contribution is 7.25. The second-order valence-electron chi connectivity index (χ2n) is 15.6. The van der Waals surface area contributed by atoms with Crippen molar-refractivity contribution in [2.45, 2.75) is 0 Å². The van der Waals surface area contributed by atoms with Gasteiger partial charge in [-0.1, -0.05) is 146 Å². The summed E-state index contributed by atoms with van der Waals surface area (Å²) in [7, 11) is 0. The molecule has 13 rings (SSSR count). The molecule has 0 saturated heterocycles. The molecule has 13 aromatic rings. The van der Waals surface area contributed by atoms with Crippen LogP contribution >= 0.6 is 11.3 Å². The number of hydrogen-bond donors (Lipinski definition) is 0. The van der Waals surface area contributed by atoms with E-state index in [9.17, 15) is 0 Å². The number of fused-ring (bicyclic) bond motifs is 10. The third kappa shape index (κ3) is 5.36. The van der Waals surface area contributed by atoms with Crippen molar-refractivity contribution in [2.75, 3.05) is 0 Å². The average Bonchev–Trinajstić information content (AvgIpc) is 4.00. The molecule has 0 saturated carbocycles. The van der Waals surface area contributed by atoms with E-state index in [4.69, 9.17) is 19.4 Å². The van der Waals surface area contributed by atoms with Gasteiger partial charge >= 0.3 is 0 Å². The molecule has 0 amide bonds. The zero-order valence-electron chi connectivity index (χ0n) is 32.6. The Kier molecular flexibility index (Phi) is 7.41. The smallest absolute Gasteiger partial charge is 0.167 e. The molecule has 6 heteroatoms.